The molecule has 0 heterocycles. The van der Waals surface area contributed by atoms with Gasteiger partial charge in [0.1, 0.15) is 5.82 Å². The monoisotopic (exact) mass is 265 g/mol. The molecule has 1 aromatic rings. The number of carbonyl (C=O) groups excluding carboxylic acids is 1. The first-order valence-electron chi connectivity index (χ1n) is 6.57. The normalized spacial score (nSPS) is 17.1. The second-order valence-electron chi connectivity index (χ2n) is 5.15. The maximum atomic E-state index is 13.0. The number of hydrogen-bond acceptors (Lipinski definition) is 3. The van der Waals surface area contributed by atoms with Crippen molar-refractivity contribution in [1.29, 1.82) is 0 Å². The molecule has 0 radical (unpaired) electrons. The fourth-order valence-electron chi connectivity index (χ4n) is 2.16. The lowest BCUT2D eigenvalue weighted by atomic mass is 9.91. The Morgan fingerprint density at radius 3 is 2.74 bits per heavy atom. The van der Waals surface area contributed by atoms with Crippen molar-refractivity contribution in [2.24, 2.45) is 0 Å². The van der Waals surface area contributed by atoms with E-state index in [-0.39, 0.29) is 17.6 Å². The molecule has 0 aliphatic heterocycles. The average molecular weight is 265 g/mol. The SMILES string of the molecule is CC(C(=O)Nc1ccc(F)c(N)c1)N(C)C1CCC1. The van der Waals surface area contributed by atoms with Crippen LogP contribution in [0.3, 0.4) is 0 Å². The molecule has 5 heteroatoms. The number of carbonyl (C=O) groups is 1. The number of nitrogens with zero attached hydrogens (tertiary/aromatic N) is 1. The van der Waals surface area contributed by atoms with Crippen LogP contribution in [0.15, 0.2) is 18.2 Å². The van der Waals surface area contributed by atoms with Crippen LogP contribution in [0.1, 0.15) is 26.2 Å². The van der Waals surface area contributed by atoms with Crippen LogP contribution in [0.2, 0.25) is 0 Å². The van der Waals surface area contributed by atoms with Gasteiger partial charge in [0.25, 0.3) is 0 Å². The van der Waals surface area contributed by atoms with Gasteiger partial charge >= 0.3 is 0 Å². The number of nitrogens with two attached hydrogens (primary N) is 1. The Morgan fingerprint density at radius 2 is 2.21 bits per heavy atom. The molecule has 1 unspecified atom stereocenters. The molecule has 1 amide bonds. The quantitative estimate of drug-likeness (QED) is 0.821. The Bertz CT molecular complexity index is 474. The predicted molar refractivity (Wildman–Crippen MR) is 74.3 cm³/mol. The van der Waals surface area contributed by atoms with Crippen LogP contribution < -0.4 is 11.1 Å². The lowest BCUT2D eigenvalue weighted by molar-refractivity contribution is -0.121. The van der Waals surface area contributed by atoms with Gasteiger partial charge < -0.3 is 11.1 Å². The maximum absolute atomic E-state index is 13.0. The van der Waals surface area contributed by atoms with E-state index in [0.717, 1.165) is 12.8 Å². The molecule has 0 spiro atoms. The summed E-state index contributed by atoms with van der Waals surface area (Å²) < 4.78 is 13.0. The average Bonchev–Trinajstić information content (AvgIpc) is 2.30. The predicted octanol–water partition coefficient (Wildman–Crippen LogP) is 2.22. The molecular weight excluding hydrogens is 245 g/mol. The number of nitrogen functional groups attached to an aromatic ring is 1. The number of nitrogens with one attached hydrogen (secondary N) is 1. The Kier molecular flexibility index (Phi) is 4.04. The first kappa shape index (κ1) is 13.8. The van der Waals surface area contributed by atoms with E-state index in [4.69, 9.17) is 5.73 Å². The van der Waals surface area contributed by atoms with Gasteiger partial charge in [-0.2, -0.15) is 0 Å². The van der Waals surface area contributed by atoms with Gasteiger partial charge in [-0.15, -0.1) is 0 Å². The number of benzene rings is 1. The second kappa shape index (κ2) is 5.57. The summed E-state index contributed by atoms with van der Waals surface area (Å²) in [4.78, 5) is 14.2. The standard InChI is InChI=1S/C14H20FN3O/c1-9(18(2)11-4-3-5-11)14(19)17-10-6-7-12(15)13(16)8-10/h6-9,11H,3-5,16H2,1-2H3,(H,17,19). The molecule has 0 aromatic heterocycles. The van der Waals surface area contributed by atoms with Crippen LogP contribution in [-0.2, 0) is 4.79 Å². The fourth-order valence-corrected chi connectivity index (χ4v) is 2.16. The summed E-state index contributed by atoms with van der Waals surface area (Å²) >= 11 is 0. The first-order chi connectivity index (χ1) is 8.99. The second-order valence-corrected chi connectivity index (χ2v) is 5.15. The number of halogens is 1. The van der Waals surface area contributed by atoms with Crippen molar-refractivity contribution in [1.82, 2.24) is 4.90 Å². The molecule has 1 aliphatic rings. The maximum Gasteiger partial charge on any atom is 0.241 e. The molecular formula is C14H20FN3O. The molecule has 1 aliphatic carbocycles. The van der Waals surface area contributed by atoms with Gasteiger partial charge in [-0.05, 0) is 45.0 Å². The third kappa shape index (κ3) is 3.04. The number of anilines is 2. The lowest BCUT2D eigenvalue weighted by Crippen LogP contribution is -2.47. The fraction of sp³-hybridized carbons (Fsp3) is 0.500. The highest BCUT2D eigenvalue weighted by atomic mass is 19.1. The van der Waals surface area contributed by atoms with E-state index >= 15 is 0 Å². The van der Waals surface area contributed by atoms with Gasteiger partial charge in [0.2, 0.25) is 5.91 Å². The zero-order valence-corrected chi connectivity index (χ0v) is 11.3. The molecule has 1 aromatic carbocycles. The van der Waals surface area contributed by atoms with Gasteiger partial charge in [-0.3, -0.25) is 9.69 Å². The van der Waals surface area contributed by atoms with Gasteiger partial charge in [0.15, 0.2) is 0 Å². The number of likely N-dealkylation sites (N-methyl/N-ethyl adjacent to an activating group) is 1. The van der Waals surface area contributed by atoms with Crippen molar-refractivity contribution in [3.8, 4) is 0 Å². The smallest absolute Gasteiger partial charge is 0.241 e. The van der Waals surface area contributed by atoms with Crippen molar-refractivity contribution in [3.05, 3.63) is 24.0 Å². The zero-order chi connectivity index (χ0) is 14.0. The Balaban J connectivity index is 1.97. The molecule has 0 bridgehead atoms. The Morgan fingerprint density at radius 1 is 1.53 bits per heavy atom. The van der Waals surface area contributed by atoms with E-state index in [9.17, 15) is 9.18 Å². The van der Waals surface area contributed by atoms with Crippen molar-refractivity contribution in [2.45, 2.75) is 38.3 Å². The van der Waals surface area contributed by atoms with Crippen LogP contribution in [0, 0.1) is 5.82 Å². The summed E-state index contributed by atoms with van der Waals surface area (Å²) in [5.74, 6) is -0.571. The minimum Gasteiger partial charge on any atom is -0.396 e. The number of hydrogen-bond donors (Lipinski definition) is 2. The van der Waals surface area contributed by atoms with Crippen LogP contribution in [0.5, 0.6) is 0 Å². The van der Waals surface area contributed by atoms with Crippen molar-refractivity contribution >= 4 is 17.3 Å². The third-order valence-electron chi connectivity index (χ3n) is 3.90. The molecule has 1 fully saturated rings. The van der Waals surface area contributed by atoms with E-state index < -0.39 is 5.82 Å². The molecule has 2 rings (SSSR count). The summed E-state index contributed by atoms with van der Waals surface area (Å²) in [6.07, 6.45) is 3.53. The largest absolute Gasteiger partial charge is 0.396 e. The van der Waals surface area contributed by atoms with Gasteiger partial charge in [-0.25, -0.2) is 4.39 Å². The minimum atomic E-state index is -0.474. The molecule has 4 nitrogen and oxygen atoms in total. The van der Waals surface area contributed by atoms with Crippen LogP contribution in [-0.4, -0.2) is 29.9 Å². The first-order valence-corrected chi connectivity index (χ1v) is 6.57. The van der Waals surface area contributed by atoms with E-state index in [0.29, 0.717) is 11.7 Å². The highest BCUT2D eigenvalue weighted by Gasteiger charge is 2.28. The van der Waals surface area contributed by atoms with Crippen molar-refractivity contribution in [3.63, 3.8) is 0 Å². The number of rotatable bonds is 4. The Labute approximate surface area is 112 Å². The van der Waals surface area contributed by atoms with E-state index in [1.54, 1.807) is 0 Å². The molecule has 104 valence electrons. The molecule has 3 N–H and O–H groups in total. The summed E-state index contributed by atoms with van der Waals surface area (Å²) in [5.41, 5.74) is 6.04. The minimum absolute atomic E-state index is 0.0396. The highest BCUT2D eigenvalue weighted by Crippen LogP contribution is 2.25. The molecule has 0 saturated heterocycles. The molecule has 19 heavy (non-hydrogen) atoms. The van der Waals surface area contributed by atoms with E-state index in [1.165, 1.54) is 24.6 Å². The molecule has 1 atom stereocenters. The van der Waals surface area contributed by atoms with E-state index in [2.05, 4.69) is 10.2 Å². The summed E-state index contributed by atoms with van der Waals surface area (Å²) in [7, 11) is 1.97. The van der Waals surface area contributed by atoms with E-state index in [1.807, 2.05) is 14.0 Å². The van der Waals surface area contributed by atoms with Crippen LogP contribution in [0.25, 0.3) is 0 Å². The number of amides is 1. The van der Waals surface area contributed by atoms with Crippen molar-refractivity contribution in [2.75, 3.05) is 18.1 Å². The molecule has 1 saturated carbocycles. The highest BCUT2D eigenvalue weighted by molar-refractivity contribution is 5.94. The summed E-state index contributed by atoms with van der Waals surface area (Å²) in [6, 6.07) is 4.49. The summed E-state index contributed by atoms with van der Waals surface area (Å²) in [6.45, 7) is 1.88. The topological polar surface area (TPSA) is 58.4 Å². The Hall–Kier alpha value is -1.62. The van der Waals surface area contributed by atoms with Gasteiger partial charge in [-0.1, -0.05) is 6.42 Å². The lowest BCUT2D eigenvalue weighted by Gasteiger charge is -2.37. The van der Waals surface area contributed by atoms with Gasteiger partial charge in [0.05, 0.1) is 11.7 Å². The van der Waals surface area contributed by atoms with Crippen molar-refractivity contribution < 1.29 is 9.18 Å². The zero-order valence-electron chi connectivity index (χ0n) is 11.3. The van der Waals surface area contributed by atoms with Crippen LogP contribution >= 0.6 is 0 Å². The van der Waals surface area contributed by atoms with Gasteiger partial charge in [0, 0.05) is 11.7 Å². The summed E-state index contributed by atoms with van der Waals surface area (Å²) in [5, 5.41) is 2.77. The third-order valence-corrected chi connectivity index (χ3v) is 3.90. The van der Waals surface area contributed by atoms with Crippen LogP contribution in [0.4, 0.5) is 15.8 Å².